The molecule has 0 fully saturated rings. The molecule has 1 atom stereocenters. The molecule has 0 aliphatic rings. The summed E-state index contributed by atoms with van der Waals surface area (Å²) in [6, 6.07) is 10.8. The highest BCUT2D eigenvalue weighted by molar-refractivity contribution is 6.36. The summed E-state index contributed by atoms with van der Waals surface area (Å²) < 4.78 is 14.6. The lowest BCUT2D eigenvalue weighted by Gasteiger charge is -2.11. The number of hydrogen-bond donors (Lipinski definition) is 2. The summed E-state index contributed by atoms with van der Waals surface area (Å²) in [7, 11) is 0. The molecular formula is C35H38Cl2N8O5. The van der Waals surface area contributed by atoms with Crippen LogP contribution in [0, 0.1) is 0 Å². The molecule has 262 valence electrons. The van der Waals surface area contributed by atoms with Gasteiger partial charge < -0.3 is 19.7 Å². The number of aromatic nitrogens is 8. The average Bonchev–Trinajstić information content (AvgIpc) is 3.69. The number of halogens is 2. The van der Waals surface area contributed by atoms with Crippen LogP contribution in [0.3, 0.4) is 0 Å². The highest BCUT2D eigenvalue weighted by Crippen LogP contribution is 2.36. The second-order valence-corrected chi connectivity index (χ2v) is 12.4. The highest BCUT2D eigenvalue weighted by Gasteiger charge is 2.24. The van der Waals surface area contributed by atoms with Gasteiger partial charge in [-0.1, -0.05) is 23.2 Å². The van der Waals surface area contributed by atoms with Crippen molar-refractivity contribution >= 4 is 51.6 Å². The van der Waals surface area contributed by atoms with Crippen LogP contribution in [-0.2, 0) is 0 Å². The molecular weight excluding hydrogens is 683 g/mol. The van der Waals surface area contributed by atoms with Crippen molar-refractivity contribution in [3.8, 4) is 34.3 Å². The third-order valence-electron chi connectivity index (χ3n) is 7.50. The van der Waals surface area contributed by atoms with Gasteiger partial charge in [-0.2, -0.15) is 10.2 Å². The van der Waals surface area contributed by atoms with Crippen molar-refractivity contribution in [3.63, 3.8) is 0 Å². The Bertz CT molecular complexity index is 2130. The van der Waals surface area contributed by atoms with Crippen LogP contribution >= 0.6 is 23.2 Å². The average molecular weight is 722 g/mol. The van der Waals surface area contributed by atoms with Gasteiger partial charge in [0.05, 0.1) is 52.4 Å². The minimum atomic E-state index is -1.14. The number of aliphatic hydroxyl groups excluding tert-OH is 2. The van der Waals surface area contributed by atoms with Crippen molar-refractivity contribution < 1.29 is 24.5 Å². The molecule has 0 amide bonds. The normalized spacial score (nSPS) is 12.0. The minimum Gasteiger partial charge on any atom is -0.477 e. The van der Waals surface area contributed by atoms with Gasteiger partial charge in [-0.05, 0) is 77.9 Å². The maximum absolute atomic E-state index is 11.4. The Balaban J connectivity index is 0.000000195. The van der Waals surface area contributed by atoms with E-state index >= 15 is 0 Å². The molecule has 1 unspecified atom stereocenters. The van der Waals surface area contributed by atoms with Crippen molar-refractivity contribution in [1.29, 1.82) is 0 Å². The van der Waals surface area contributed by atoms with Crippen molar-refractivity contribution in [1.82, 2.24) is 39.5 Å². The number of carbonyl (C=O) groups excluding carboxylic acids is 1. The molecule has 0 aliphatic heterocycles. The summed E-state index contributed by atoms with van der Waals surface area (Å²) in [5.41, 5.74) is 5.34. The Morgan fingerprint density at radius 2 is 1.28 bits per heavy atom. The maximum Gasteiger partial charge on any atom is 0.222 e. The third kappa shape index (κ3) is 7.26. The number of rotatable bonds is 11. The summed E-state index contributed by atoms with van der Waals surface area (Å²) in [5, 5.41) is 29.2. The number of nitrogens with zero attached hydrogens (tertiary/aromatic N) is 8. The van der Waals surface area contributed by atoms with E-state index in [4.69, 9.17) is 32.7 Å². The number of aliphatic hydroxyl groups is 2. The van der Waals surface area contributed by atoms with Crippen LogP contribution in [0.4, 0.5) is 0 Å². The van der Waals surface area contributed by atoms with Gasteiger partial charge in [-0.15, -0.1) is 0 Å². The standard InChI is InChI=1S/C18H21ClN4O3.C17H17ClN4O2/c1-4-26-18-11(6-5-7-20-18)13-8-12(19)17-16(21-13)15(14(25)9-24)22-23(17)10(2)3;1-4-24-17-11(6-5-7-19-17)13-8-12(18)16-15(20-13)14(9-23)21-22(16)10(2)3/h5-8,10,14,24-25H,4,9H2,1-3H3;5-10H,4H2,1-3H3. The van der Waals surface area contributed by atoms with E-state index in [-0.39, 0.29) is 17.8 Å². The van der Waals surface area contributed by atoms with Gasteiger partial charge in [-0.25, -0.2) is 19.9 Å². The van der Waals surface area contributed by atoms with Crippen LogP contribution in [-0.4, -0.2) is 75.8 Å². The first-order chi connectivity index (χ1) is 24.0. The minimum absolute atomic E-state index is 0.0136. The lowest BCUT2D eigenvalue weighted by atomic mass is 10.1. The van der Waals surface area contributed by atoms with Crippen LogP contribution < -0.4 is 9.47 Å². The molecule has 0 saturated carbocycles. The van der Waals surface area contributed by atoms with Crippen molar-refractivity contribution in [2.24, 2.45) is 0 Å². The molecule has 6 aromatic rings. The van der Waals surface area contributed by atoms with E-state index in [1.807, 2.05) is 53.7 Å². The molecule has 0 bridgehead atoms. The molecule has 13 nitrogen and oxygen atoms in total. The zero-order valence-electron chi connectivity index (χ0n) is 28.5. The molecule has 0 saturated heterocycles. The van der Waals surface area contributed by atoms with Crippen LogP contribution in [0.1, 0.15) is 75.9 Å². The lowest BCUT2D eigenvalue weighted by molar-refractivity contribution is 0.0924. The molecule has 15 heteroatoms. The molecule has 2 N–H and O–H groups in total. The zero-order valence-corrected chi connectivity index (χ0v) is 30.0. The van der Waals surface area contributed by atoms with Crippen molar-refractivity contribution in [2.45, 2.75) is 59.7 Å². The quantitative estimate of drug-likeness (QED) is 0.131. The Kier molecular flexibility index (Phi) is 11.6. The second-order valence-electron chi connectivity index (χ2n) is 11.6. The Hall–Kier alpha value is -4.69. The number of hydrogen-bond acceptors (Lipinski definition) is 11. The van der Waals surface area contributed by atoms with Gasteiger partial charge in [-0.3, -0.25) is 14.2 Å². The predicted octanol–water partition coefficient (Wildman–Crippen LogP) is 7.09. The third-order valence-corrected chi connectivity index (χ3v) is 8.08. The molecule has 0 aromatic carbocycles. The fourth-order valence-electron chi connectivity index (χ4n) is 5.32. The zero-order chi connectivity index (χ0) is 36.1. The number of carbonyl (C=O) groups is 1. The number of pyridine rings is 4. The first-order valence-electron chi connectivity index (χ1n) is 16.1. The number of fused-ring (bicyclic) bond motifs is 2. The number of ether oxygens (including phenoxy) is 2. The Labute approximate surface area is 298 Å². The van der Waals surface area contributed by atoms with E-state index in [2.05, 4.69) is 30.1 Å². The van der Waals surface area contributed by atoms with E-state index < -0.39 is 12.7 Å². The molecule has 0 aliphatic carbocycles. The lowest BCUT2D eigenvalue weighted by Crippen LogP contribution is -2.07. The molecule has 50 heavy (non-hydrogen) atoms. The summed E-state index contributed by atoms with van der Waals surface area (Å²) in [6.07, 6.45) is 2.85. The van der Waals surface area contributed by atoms with E-state index in [0.717, 1.165) is 5.56 Å². The molecule has 6 heterocycles. The predicted molar refractivity (Wildman–Crippen MR) is 192 cm³/mol. The monoisotopic (exact) mass is 720 g/mol. The van der Waals surface area contributed by atoms with E-state index in [1.54, 1.807) is 46.0 Å². The van der Waals surface area contributed by atoms with Gasteiger partial charge in [0.1, 0.15) is 33.9 Å². The molecule has 6 rings (SSSR count). The molecule has 6 aromatic heterocycles. The summed E-state index contributed by atoms with van der Waals surface area (Å²) in [5.74, 6) is 0.935. The van der Waals surface area contributed by atoms with Gasteiger partial charge in [0.25, 0.3) is 0 Å². The van der Waals surface area contributed by atoms with Gasteiger partial charge in [0, 0.05) is 24.5 Å². The van der Waals surface area contributed by atoms with Crippen LogP contribution in [0.15, 0.2) is 48.8 Å². The highest BCUT2D eigenvalue weighted by atomic mass is 35.5. The molecule has 0 spiro atoms. The smallest absolute Gasteiger partial charge is 0.222 e. The van der Waals surface area contributed by atoms with Gasteiger partial charge in [0.15, 0.2) is 12.0 Å². The SMILES string of the molecule is CCOc1ncccc1-c1cc(Cl)c2c(n1)c(C(O)CO)nn2C(C)C.CCOc1ncccc1-c1cc(Cl)c2c(n1)c(C=O)nn2C(C)C. The first kappa shape index (κ1) is 36.6. The summed E-state index contributed by atoms with van der Waals surface area (Å²) in [4.78, 5) is 29.1. The van der Waals surface area contributed by atoms with E-state index in [1.165, 1.54) is 0 Å². The van der Waals surface area contributed by atoms with Gasteiger partial charge in [0.2, 0.25) is 11.8 Å². The fourth-order valence-corrected chi connectivity index (χ4v) is 5.88. The van der Waals surface area contributed by atoms with E-state index in [0.29, 0.717) is 86.0 Å². The van der Waals surface area contributed by atoms with Crippen molar-refractivity contribution in [2.75, 3.05) is 19.8 Å². The van der Waals surface area contributed by atoms with Gasteiger partial charge >= 0.3 is 0 Å². The second kappa shape index (κ2) is 15.9. The Morgan fingerprint density at radius 1 is 0.800 bits per heavy atom. The Morgan fingerprint density at radius 3 is 1.74 bits per heavy atom. The number of aldehydes is 1. The van der Waals surface area contributed by atoms with Crippen molar-refractivity contribution in [3.05, 3.63) is 70.2 Å². The summed E-state index contributed by atoms with van der Waals surface area (Å²) >= 11 is 13.0. The first-order valence-corrected chi connectivity index (χ1v) is 16.9. The van der Waals surface area contributed by atoms with Crippen LogP contribution in [0.2, 0.25) is 10.0 Å². The molecule has 0 radical (unpaired) electrons. The van der Waals surface area contributed by atoms with Crippen LogP contribution in [0.25, 0.3) is 44.6 Å². The maximum atomic E-state index is 11.4. The topological polar surface area (TPSA) is 163 Å². The van der Waals surface area contributed by atoms with E-state index in [9.17, 15) is 15.0 Å². The van der Waals surface area contributed by atoms with Crippen LogP contribution in [0.5, 0.6) is 11.8 Å². The fraction of sp³-hybridized carbons (Fsp3) is 0.343. The summed E-state index contributed by atoms with van der Waals surface area (Å²) in [6.45, 7) is 12.1. The largest absolute Gasteiger partial charge is 0.477 e.